The van der Waals surface area contributed by atoms with Gasteiger partial charge in [0.25, 0.3) is 0 Å². The molecule has 0 aliphatic carbocycles. The Kier molecular flexibility index (Phi) is 8.12. The fraction of sp³-hybridized carbons (Fsp3) is 0.360. The highest BCUT2D eigenvalue weighted by atomic mass is 32.2. The Labute approximate surface area is 205 Å². The minimum atomic E-state index is -3.50. The highest BCUT2D eigenvalue weighted by Gasteiger charge is 2.29. The Morgan fingerprint density at radius 2 is 1.68 bits per heavy atom. The standard InChI is InChI=1S/C25H31N3O4S2/c1-6-28(7-2)34(30,31)21-14-8-18(9-15-21)16-25(3,4)23(29)27-24-26-22(17-33-24)19-10-12-20(32-5)13-11-19/h8-15,17H,6-7,16H2,1-5H3,(H,26,27,29). The van der Waals surface area contributed by atoms with Crippen LogP contribution in [0.4, 0.5) is 5.13 Å². The molecule has 182 valence electrons. The number of methoxy groups -OCH3 is 1. The highest BCUT2D eigenvalue weighted by molar-refractivity contribution is 7.89. The number of hydrogen-bond donors (Lipinski definition) is 1. The van der Waals surface area contributed by atoms with E-state index in [9.17, 15) is 13.2 Å². The molecular weight excluding hydrogens is 470 g/mol. The summed E-state index contributed by atoms with van der Waals surface area (Å²) >= 11 is 1.37. The number of nitrogens with zero attached hydrogens (tertiary/aromatic N) is 2. The quantitative estimate of drug-likeness (QED) is 0.420. The molecule has 0 fully saturated rings. The average Bonchev–Trinajstić information content (AvgIpc) is 3.28. The third kappa shape index (κ3) is 5.84. The lowest BCUT2D eigenvalue weighted by Crippen LogP contribution is -2.33. The fourth-order valence-corrected chi connectivity index (χ4v) is 5.75. The lowest BCUT2D eigenvalue weighted by molar-refractivity contribution is -0.123. The number of ether oxygens (including phenoxy) is 1. The van der Waals surface area contributed by atoms with E-state index in [-0.39, 0.29) is 10.8 Å². The average molecular weight is 502 g/mol. The summed E-state index contributed by atoms with van der Waals surface area (Å²) in [6, 6.07) is 14.4. The van der Waals surface area contributed by atoms with Crippen LogP contribution in [0, 0.1) is 5.41 Å². The highest BCUT2D eigenvalue weighted by Crippen LogP contribution is 2.29. The van der Waals surface area contributed by atoms with Crippen molar-refractivity contribution in [1.82, 2.24) is 9.29 Å². The summed E-state index contributed by atoms with van der Waals surface area (Å²) in [6.07, 6.45) is 0.459. The second kappa shape index (κ2) is 10.7. The van der Waals surface area contributed by atoms with Gasteiger partial charge in [0.1, 0.15) is 5.75 Å². The van der Waals surface area contributed by atoms with Crippen LogP contribution in [0.1, 0.15) is 33.3 Å². The summed E-state index contributed by atoms with van der Waals surface area (Å²) in [6.45, 7) is 8.20. The molecular formula is C25H31N3O4S2. The molecule has 7 nitrogen and oxygen atoms in total. The van der Waals surface area contributed by atoms with Crippen molar-refractivity contribution in [3.05, 3.63) is 59.5 Å². The zero-order valence-electron chi connectivity index (χ0n) is 20.2. The number of sulfonamides is 1. The summed E-state index contributed by atoms with van der Waals surface area (Å²) in [7, 11) is -1.88. The van der Waals surface area contributed by atoms with Crippen LogP contribution in [0.15, 0.2) is 58.8 Å². The van der Waals surface area contributed by atoms with E-state index in [0.717, 1.165) is 22.6 Å². The van der Waals surface area contributed by atoms with Crippen molar-refractivity contribution in [1.29, 1.82) is 0 Å². The fourth-order valence-electron chi connectivity index (χ4n) is 3.57. The Morgan fingerprint density at radius 1 is 1.06 bits per heavy atom. The van der Waals surface area contributed by atoms with Crippen LogP contribution in [0.2, 0.25) is 0 Å². The monoisotopic (exact) mass is 501 g/mol. The number of hydrogen-bond acceptors (Lipinski definition) is 6. The summed E-state index contributed by atoms with van der Waals surface area (Å²) < 4.78 is 32.0. The van der Waals surface area contributed by atoms with Gasteiger partial charge < -0.3 is 10.1 Å². The summed E-state index contributed by atoms with van der Waals surface area (Å²) in [4.78, 5) is 17.8. The van der Waals surface area contributed by atoms with Crippen molar-refractivity contribution < 1.29 is 17.9 Å². The lowest BCUT2D eigenvalue weighted by Gasteiger charge is -2.23. The molecule has 1 aromatic heterocycles. The van der Waals surface area contributed by atoms with Crippen molar-refractivity contribution >= 4 is 32.4 Å². The molecule has 9 heteroatoms. The SMILES string of the molecule is CCN(CC)S(=O)(=O)c1ccc(CC(C)(C)C(=O)Nc2nc(-c3ccc(OC)cc3)cs2)cc1. The molecule has 0 saturated carbocycles. The Morgan fingerprint density at radius 3 is 2.24 bits per heavy atom. The van der Waals surface area contributed by atoms with Crippen molar-refractivity contribution in [2.24, 2.45) is 5.41 Å². The molecule has 1 heterocycles. The van der Waals surface area contributed by atoms with Crippen LogP contribution < -0.4 is 10.1 Å². The topological polar surface area (TPSA) is 88.6 Å². The first-order valence-electron chi connectivity index (χ1n) is 11.1. The maximum atomic E-state index is 13.0. The smallest absolute Gasteiger partial charge is 0.243 e. The molecule has 1 N–H and O–H groups in total. The van der Waals surface area contributed by atoms with E-state index in [1.807, 2.05) is 57.3 Å². The number of aromatic nitrogens is 1. The number of anilines is 1. The van der Waals surface area contributed by atoms with E-state index < -0.39 is 15.4 Å². The summed E-state index contributed by atoms with van der Waals surface area (Å²) in [5.41, 5.74) is 1.89. The van der Waals surface area contributed by atoms with Crippen molar-refractivity contribution in [2.75, 3.05) is 25.5 Å². The van der Waals surface area contributed by atoms with Crippen molar-refractivity contribution in [3.63, 3.8) is 0 Å². The molecule has 0 aliphatic heterocycles. The third-order valence-corrected chi connectivity index (χ3v) is 8.46. The van der Waals surface area contributed by atoms with Crippen molar-refractivity contribution in [2.45, 2.75) is 39.0 Å². The van der Waals surface area contributed by atoms with E-state index in [1.54, 1.807) is 31.4 Å². The van der Waals surface area contributed by atoms with Crippen LogP contribution >= 0.6 is 11.3 Å². The van der Waals surface area contributed by atoms with Gasteiger partial charge in [0.15, 0.2) is 5.13 Å². The zero-order valence-corrected chi connectivity index (χ0v) is 21.8. The molecule has 0 saturated heterocycles. The zero-order chi connectivity index (χ0) is 24.9. The first kappa shape index (κ1) is 25.9. The molecule has 0 aliphatic rings. The minimum absolute atomic E-state index is 0.150. The van der Waals surface area contributed by atoms with Gasteiger partial charge in [-0.1, -0.05) is 39.8 Å². The molecule has 34 heavy (non-hydrogen) atoms. The van der Waals surface area contributed by atoms with Gasteiger partial charge in [-0.3, -0.25) is 4.79 Å². The maximum Gasteiger partial charge on any atom is 0.243 e. The van der Waals surface area contributed by atoms with E-state index >= 15 is 0 Å². The lowest BCUT2D eigenvalue weighted by atomic mass is 9.85. The number of carbonyl (C=O) groups excluding carboxylic acids is 1. The van der Waals surface area contributed by atoms with Gasteiger partial charge in [0.2, 0.25) is 15.9 Å². The molecule has 2 aromatic carbocycles. The second-order valence-corrected chi connectivity index (χ2v) is 11.3. The summed E-state index contributed by atoms with van der Waals surface area (Å²) in [5.74, 6) is 0.621. The number of amides is 1. The predicted octanol–water partition coefficient (Wildman–Crippen LogP) is 5.06. The Balaban J connectivity index is 1.67. The number of carbonyl (C=O) groups is 1. The number of benzene rings is 2. The Hall–Kier alpha value is -2.75. The van der Waals surface area contributed by atoms with Crippen LogP contribution in [0.3, 0.4) is 0 Å². The molecule has 1 amide bonds. The maximum absolute atomic E-state index is 13.0. The first-order valence-corrected chi connectivity index (χ1v) is 13.4. The van der Waals surface area contributed by atoms with Gasteiger partial charge in [0.05, 0.1) is 17.7 Å². The molecule has 0 bridgehead atoms. The van der Waals surface area contributed by atoms with Crippen LogP contribution in [-0.2, 0) is 21.2 Å². The van der Waals surface area contributed by atoms with Gasteiger partial charge >= 0.3 is 0 Å². The van der Waals surface area contributed by atoms with Crippen LogP contribution in [0.5, 0.6) is 5.75 Å². The normalized spacial score (nSPS) is 12.1. The van der Waals surface area contributed by atoms with E-state index in [0.29, 0.717) is 24.6 Å². The Bertz CT molecular complexity index is 1210. The second-order valence-electron chi connectivity index (χ2n) is 8.51. The van der Waals surface area contributed by atoms with E-state index in [1.165, 1.54) is 15.6 Å². The molecule has 0 unspecified atom stereocenters. The molecule has 3 aromatic rings. The molecule has 3 rings (SSSR count). The predicted molar refractivity (Wildman–Crippen MR) is 137 cm³/mol. The third-order valence-electron chi connectivity index (χ3n) is 5.64. The minimum Gasteiger partial charge on any atom is -0.497 e. The van der Waals surface area contributed by atoms with Gasteiger partial charge in [-0.2, -0.15) is 4.31 Å². The number of rotatable bonds is 10. The van der Waals surface area contributed by atoms with E-state index in [4.69, 9.17) is 4.74 Å². The van der Waals surface area contributed by atoms with Crippen LogP contribution in [0.25, 0.3) is 11.3 Å². The molecule has 0 radical (unpaired) electrons. The first-order chi connectivity index (χ1) is 16.1. The van der Waals surface area contributed by atoms with Crippen molar-refractivity contribution in [3.8, 4) is 17.0 Å². The summed E-state index contributed by atoms with van der Waals surface area (Å²) in [5, 5.41) is 5.36. The van der Waals surface area contributed by atoms with E-state index in [2.05, 4.69) is 10.3 Å². The van der Waals surface area contributed by atoms with Gasteiger partial charge in [-0.15, -0.1) is 11.3 Å². The number of thiazole rings is 1. The molecule has 0 atom stereocenters. The van der Waals surface area contributed by atoms with Gasteiger partial charge in [-0.05, 0) is 48.4 Å². The van der Waals surface area contributed by atoms with Gasteiger partial charge in [0, 0.05) is 29.4 Å². The number of nitrogens with one attached hydrogen (secondary N) is 1. The van der Waals surface area contributed by atoms with Gasteiger partial charge in [-0.25, -0.2) is 13.4 Å². The largest absolute Gasteiger partial charge is 0.497 e. The molecule has 0 spiro atoms. The van der Waals surface area contributed by atoms with Crippen LogP contribution in [-0.4, -0.2) is 43.8 Å².